The van der Waals surface area contributed by atoms with Gasteiger partial charge in [0.2, 0.25) is 0 Å². The third kappa shape index (κ3) is 3.80. The molecule has 120 valence electrons. The molecule has 2 aliphatic rings. The first-order valence-electron chi connectivity index (χ1n) is 9.37. The first-order valence-corrected chi connectivity index (χ1v) is 9.37. The van der Waals surface area contributed by atoms with Crippen LogP contribution in [0.5, 0.6) is 0 Å². The minimum atomic E-state index is 0.426. The molecule has 0 radical (unpaired) electrons. The lowest BCUT2D eigenvalue weighted by molar-refractivity contribution is -0.124. The predicted octanol–water partition coefficient (Wildman–Crippen LogP) is 5.99. The molecule has 2 fully saturated rings. The molecule has 1 aromatic rings. The predicted molar refractivity (Wildman–Crippen MR) is 92.3 cm³/mol. The number of unbranched alkanes of at least 4 members (excludes halogenated alkanes) is 2. The van der Waals surface area contributed by atoms with E-state index in [-0.39, 0.29) is 0 Å². The van der Waals surface area contributed by atoms with Crippen LogP contribution >= 0.6 is 0 Å². The molecule has 0 amide bonds. The summed E-state index contributed by atoms with van der Waals surface area (Å²) in [6.07, 6.45) is 12.8. The van der Waals surface area contributed by atoms with Crippen LogP contribution in [0.15, 0.2) is 24.3 Å². The van der Waals surface area contributed by atoms with E-state index in [4.69, 9.17) is 0 Å². The van der Waals surface area contributed by atoms with Gasteiger partial charge in [-0.15, -0.1) is 0 Å². The first kappa shape index (κ1) is 15.8. The number of ketones is 1. The van der Waals surface area contributed by atoms with Crippen molar-refractivity contribution in [1.82, 2.24) is 0 Å². The fourth-order valence-corrected chi connectivity index (χ4v) is 4.23. The van der Waals surface area contributed by atoms with Crippen LogP contribution in [0.3, 0.4) is 0 Å². The average molecular weight is 298 g/mol. The van der Waals surface area contributed by atoms with Crippen molar-refractivity contribution in [3.63, 3.8) is 0 Å². The Bertz CT molecular complexity index is 471. The van der Waals surface area contributed by atoms with Gasteiger partial charge >= 0.3 is 0 Å². The van der Waals surface area contributed by atoms with Crippen LogP contribution in [0.25, 0.3) is 0 Å². The summed E-state index contributed by atoms with van der Waals surface area (Å²) < 4.78 is 0. The van der Waals surface area contributed by atoms with E-state index in [9.17, 15) is 4.79 Å². The maximum atomic E-state index is 11.1. The van der Waals surface area contributed by atoms with Gasteiger partial charge in [-0.3, -0.25) is 4.79 Å². The van der Waals surface area contributed by atoms with Crippen molar-refractivity contribution in [2.24, 2.45) is 5.92 Å². The van der Waals surface area contributed by atoms with Crippen molar-refractivity contribution >= 4 is 5.78 Å². The van der Waals surface area contributed by atoms with Gasteiger partial charge in [-0.05, 0) is 54.6 Å². The molecule has 0 aliphatic heterocycles. The van der Waals surface area contributed by atoms with E-state index in [1.165, 1.54) is 62.5 Å². The molecule has 0 atom stereocenters. The maximum Gasteiger partial charge on any atom is 0.134 e. The molecule has 0 N–H and O–H groups in total. The highest BCUT2D eigenvalue weighted by Crippen LogP contribution is 2.39. The Balaban J connectivity index is 1.47. The number of carbonyl (C=O) groups is 1. The van der Waals surface area contributed by atoms with Gasteiger partial charge in [0.15, 0.2) is 0 Å². The summed E-state index contributed by atoms with van der Waals surface area (Å²) in [7, 11) is 0. The molecule has 1 nitrogen and oxygen atoms in total. The summed E-state index contributed by atoms with van der Waals surface area (Å²) in [5, 5.41) is 0. The standard InChI is InChI=1S/C21H30O/c1-2-3-4-5-16-6-8-17(9-7-16)18-10-12-19(13-11-18)20-14-21(22)15-20/h10-13,16-17,20H,2-9,14-15H2,1H3. The van der Waals surface area contributed by atoms with E-state index >= 15 is 0 Å². The van der Waals surface area contributed by atoms with E-state index in [0.717, 1.165) is 24.7 Å². The molecule has 2 aliphatic carbocycles. The molecular weight excluding hydrogens is 268 g/mol. The van der Waals surface area contributed by atoms with Crippen LogP contribution in [0.4, 0.5) is 0 Å². The van der Waals surface area contributed by atoms with Crippen molar-refractivity contribution in [3.05, 3.63) is 35.4 Å². The largest absolute Gasteiger partial charge is 0.300 e. The van der Waals surface area contributed by atoms with E-state index in [1.54, 1.807) is 0 Å². The molecule has 0 unspecified atom stereocenters. The quantitative estimate of drug-likeness (QED) is 0.590. The van der Waals surface area contributed by atoms with E-state index < -0.39 is 0 Å². The van der Waals surface area contributed by atoms with Crippen LogP contribution in [-0.2, 0) is 4.79 Å². The lowest BCUT2D eigenvalue weighted by Gasteiger charge is -2.29. The third-order valence-electron chi connectivity index (χ3n) is 5.89. The highest BCUT2D eigenvalue weighted by Gasteiger charge is 2.28. The van der Waals surface area contributed by atoms with Crippen molar-refractivity contribution < 1.29 is 4.79 Å². The van der Waals surface area contributed by atoms with E-state index in [0.29, 0.717) is 11.7 Å². The number of carbonyl (C=O) groups excluding carboxylic acids is 1. The first-order chi connectivity index (χ1) is 10.8. The molecule has 0 aromatic heterocycles. The van der Waals surface area contributed by atoms with Crippen LogP contribution < -0.4 is 0 Å². The number of hydrogen-bond donors (Lipinski definition) is 0. The van der Waals surface area contributed by atoms with Crippen LogP contribution in [0.1, 0.15) is 94.1 Å². The van der Waals surface area contributed by atoms with Gasteiger partial charge in [0.1, 0.15) is 5.78 Å². The molecule has 0 spiro atoms. The molecule has 0 saturated heterocycles. The smallest absolute Gasteiger partial charge is 0.134 e. The summed E-state index contributed by atoms with van der Waals surface area (Å²) in [5.74, 6) is 2.70. The van der Waals surface area contributed by atoms with E-state index in [2.05, 4.69) is 31.2 Å². The lowest BCUT2D eigenvalue weighted by Crippen LogP contribution is -2.21. The summed E-state index contributed by atoms with van der Waals surface area (Å²) >= 11 is 0. The van der Waals surface area contributed by atoms with Gasteiger partial charge in [-0.1, -0.05) is 56.9 Å². The van der Waals surface area contributed by atoms with Gasteiger partial charge in [0.05, 0.1) is 0 Å². The van der Waals surface area contributed by atoms with Crippen LogP contribution in [-0.4, -0.2) is 5.78 Å². The van der Waals surface area contributed by atoms with Crippen molar-refractivity contribution in [2.75, 3.05) is 0 Å². The maximum absolute atomic E-state index is 11.1. The fraction of sp³-hybridized carbons (Fsp3) is 0.667. The van der Waals surface area contributed by atoms with Gasteiger partial charge in [-0.2, -0.15) is 0 Å². The summed E-state index contributed by atoms with van der Waals surface area (Å²) in [6, 6.07) is 9.22. The zero-order valence-electron chi connectivity index (χ0n) is 14.0. The normalized spacial score (nSPS) is 26.0. The van der Waals surface area contributed by atoms with Gasteiger partial charge < -0.3 is 0 Å². The van der Waals surface area contributed by atoms with Crippen molar-refractivity contribution in [2.45, 2.75) is 83.0 Å². The highest BCUT2D eigenvalue weighted by atomic mass is 16.1. The summed E-state index contributed by atoms with van der Waals surface area (Å²) in [5.41, 5.74) is 2.90. The molecule has 1 heteroatoms. The molecule has 0 heterocycles. The van der Waals surface area contributed by atoms with Gasteiger partial charge in [0, 0.05) is 12.8 Å². The Labute approximate surface area is 135 Å². The third-order valence-corrected chi connectivity index (χ3v) is 5.89. The molecule has 22 heavy (non-hydrogen) atoms. The fourth-order valence-electron chi connectivity index (χ4n) is 4.23. The Morgan fingerprint density at radius 3 is 2.00 bits per heavy atom. The minimum absolute atomic E-state index is 0.426. The molecule has 3 rings (SSSR count). The number of hydrogen-bond acceptors (Lipinski definition) is 1. The number of rotatable bonds is 6. The second-order valence-electron chi connectivity index (χ2n) is 7.52. The Morgan fingerprint density at radius 1 is 0.864 bits per heavy atom. The number of Topliss-reactive ketones (excluding diaryl/α,β-unsaturated/α-hetero) is 1. The van der Waals surface area contributed by atoms with Crippen LogP contribution in [0, 0.1) is 5.92 Å². The van der Waals surface area contributed by atoms with Crippen molar-refractivity contribution in [3.8, 4) is 0 Å². The SMILES string of the molecule is CCCCCC1CCC(c2ccc(C3CC(=O)C3)cc2)CC1. The number of benzene rings is 1. The monoisotopic (exact) mass is 298 g/mol. The average Bonchev–Trinajstić information content (AvgIpc) is 2.53. The zero-order valence-corrected chi connectivity index (χ0v) is 14.0. The summed E-state index contributed by atoms with van der Waals surface area (Å²) in [4.78, 5) is 11.1. The second kappa shape index (κ2) is 7.44. The second-order valence-corrected chi connectivity index (χ2v) is 7.52. The summed E-state index contributed by atoms with van der Waals surface area (Å²) in [6.45, 7) is 2.29. The van der Waals surface area contributed by atoms with Crippen molar-refractivity contribution in [1.29, 1.82) is 0 Å². The zero-order chi connectivity index (χ0) is 15.4. The molecular formula is C21H30O. The Kier molecular flexibility index (Phi) is 5.33. The molecule has 0 bridgehead atoms. The molecule has 2 saturated carbocycles. The van der Waals surface area contributed by atoms with Gasteiger partial charge in [0.25, 0.3) is 0 Å². The topological polar surface area (TPSA) is 17.1 Å². The lowest BCUT2D eigenvalue weighted by atomic mass is 9.75. The van der Waals surface area contributed by atoms with Gasteiger partial charge in [-0.25, -0.2) is 0 Å². The molecule has 1 aromatic carbocycles. The Hall–Kier alpha value is -1.11. The Morgan fingerprint density at radius 2 is 1.45 bits per heavy atom. The highest BCUT2D eigenvalue weighted by molar-refractivity contribution is 5.86. The minimum Gasteiger partial charge on any atom is -0.300 e. The van der Waals surface area contributed by atoms with E-state index in [1.807, 2.05) is 0 Å². The van der Waals surface area contributed by atoms with Crippen LogP contribution in [0.2, 0.25) is 0 Å².